The summed E-state index contributed by atoms with van der Waals surface area (Å²) in [5, 5.41) is 0. The highest BCUT2D eigenvalue weighted by molar-refractivity contribution is 9.10. The molecule has 3 rings (SSSR count). The fraction of sp³-hybridized carbons (Fsp3) is 0.444. The molecule has 1 aromatic rings. The summed E-state index contributed by atoms with van der Waals surface area (Å²) in [7, 11) is 0. The van der Waals surface area contributed by atoms with Gasteiger partial charge in [0.05, 0.1) is 4.60 Å². The molecule has 4 heteroatoms. The summed E-state index contributed by atoms with van der Waals surface area (Å²) in [5.74, 6) is 0.170. The molecule has 2 aliphatic rings. The van der Waals surface area contributed by atoms with Crippen LogP contribution < -0.4 is 0 Å². The molecule has 1 aliphatic carbocycles. The molecule has 3 nitrogen and oxygen atoms in total. The molecule has 13 heavy (non-hydrogen) atoms. The van der Waals surface area contributed by atoms with Crippen LogP contribution in [0.5, 0.6) is 0 Å². The third-order valence-corrected chi connectivity index (χ3v) is 3.10. The third-order valence-electron chi connectivity index (χ3n) is 2.67. The molecule has 0 aromatic carbocycles. The van der Waals surface area contributed by atoms with E-state index in [4.69, 9.17) is 0 Å². The van der Waals surface area contributed by atoms with Gasteiger partial charge in [0.2, 0.25) is 0 Å². The Kier molecular flexibility index (Phi) is 1.39. The second-order valence-electron chi connectivity index (χ2n) is 3.68. The van der Waals surface area contributed by atoms with Gasteiger partial charge >= 0.3 is 0 Å². The maximum atomic E-state index is 11.8. The first-order valence-electron chi connectivity index (χ1n) is 4.44. The maximum Gasteiger partial charge on any atom is 0.271 e. The van der Waals surface area contributed by atoms with Gasteiger partial charge in [0.25, 0.3) is 5.91 Å². The van der Waals surface area contributed by atoms with Crippen molar-refractivity contribution in [1.82, 2.24) is 9.88 Å². The Balaban J connectivity index is 1.98. The summed E-state index contributed by atoms with van der Waals surface area (Å²) in [6.07, 6.45) is 2.36. The molecule has 0 radical (unpaired) electrons. The zero-order chi connectivity index (χ0) is 9.00. The number of amides is 1. The highest BCUT2D eigenvalue weighted by atomic mass is 79.9. The molecule has 0 unspecified atom stereocenters. The van der Waals surface area contributed by atoms with Crippen molar-refractivity contribution in [3.8, 4) is 0 Å². The molecule has 1 aliphatic heterocycles. The fourth-order valence-electron chi connectivity index (χ4n) is 1.86. The number of nitrogens with zero attached hydrogens (tertiary/aromatic N) is 1. The molecule has 0 saturated heterocycles. The van der Waals surface area contributed by atoms with Gasteiger partial charge < -0.3 is 9.88 Å². The molecule has 0 spiro atoms. The zero-order valence-electron chi connectivity index (χ0n) is 7.01. The van der Waals surface area contributed by atoms with E-state index in [2.05, 4.69) is 20.9 Å². The molecule has 1 saturated carbocycles. The van der Waals surface area contributed by atoms with Gasteiger partial charge in [-0.15, -0.1) is 0 Å². The van der Waals surface area contributed by atoms with Crippen LogP contribution in [0.2, 0.25) is 0 Å². The van der Waals surface area contributed by atoms with Gasteiger partial charge in [0.1, 0.15) is 5.69 Å². The number of hydrogen-bond donors (Lipinski definition) is 1. The van der Waals surface area contributed by atoms with Gasteiger partial charge in [-0.05, 0) is 34.8 Å². The zero-order valence-corrected chi connectivity index (χ0v) is 8.60. The highest BCUT2D eigenvalue weighted by Crippen LogP contribution is 2.35. The van der Waals surface area contributed by atoms with Crippen LogP contribution in [0.15, 0.2) is 10.7 Å². The number of fused-ring (bicyclic) bond motifs is 1. The predicted molar refractivity (Wildman–Crippen MR) is 51.4 cm³/mol. The largest absolute Gasteiger partial charge is 0.345 e. The van der Waals surface area contributed by atoms with Gasteiger partial charge in [-0.3, -0.25) is 4.79 Å². The van der Waals surface area contributed by atoms with Crippen molar-refractivity contribution in [3.63, 3.8) is 0 Å². The minimum Gasteiger partial charge on any atom is -0.345 e. The highest BCUT2D eigenvalue weighted by Gasteiger charge is 2.39. The Morgan fingerprint density at radius 3 is 2.92 bits per heavy atom. The summed E-state index contributed by atoms with van der Waals surface area (Å²) in [6, 6.07) is 2.52. The summed E-state index contributed by atoms with van der Waals surface area (Å²) in [5.41, 5.74) is 1.91. The van der Waals surface area contributed by atoms with Crippen LogP contribution in [0.3, 0.4) is 0 Å². The van der Waals surface area contributed by atoms with Crippen LogP contribution in [0.25, 0.3) is 0 Å². The smallest absolute Gasteiger partial charge is 0.271 e. The van der Waals surface area contributed by atoms with Gasteiger partial charge in [-0.1, -0.05) is 0 Å². The van der Waals surface area contributed by atoms with E-state index < -0.39 is 0 Å². The molecule has 68 valence electrons. The van der Waals surface area contributed by atoms with E-state index in [1.807, 2.05) is 11.0 Å². The van der Waals surface area contributed by atoms with Crippen molar-refractivity contribution in [1.29, 1.82) is 0 Å². The minimum absolute atomic E-state index is 0.170. The molecule has 0 bridgehead atoms. The lowest BCUT2D eigenvalue weighted by Gasteiger charge is -2.13. The summed E-state index contributed by atoms with van der Waals surface area (Å²) in [4.78, 5) is 16.8. The molecule has 1 amide bonds. The molecule has 1 N–H and O–H groups in total. The number of aromatic amines is 1. The first-order valence-corrected chi connectivity index (χ1v) is 5.23. The molecule has 2 heterocycles. The molecule has 1 fully saturated rings. The average molecular weight is 241 g/mol. The standard InChI is InChI=1S/C9H9BrN2O/c10-7-3-5-4-12(6-1-2-6)9(13)8(5)11-7/h3,6,11H,1-2,4H2. The van der Waals surface area contributed by atoms with Crippen LogP contribution in [0.4, 0.5) is 0 Å². The molecule has 1 aromatic heterocycles. The van der Waals surface area contributed by atoms with E-state index in [-0.39, 0.29) is 5.91 Å². The Morgan fingerprint density at radius 1 is 1.54 bits per heavy atom. The lowest BCUT2D eigenvalue weighted by atomic mass is 10.3. The third kappa shape index (κ3) is 1.05. The quantitative estimate of drug-likeness (QED) is 0.800. The van der Waals surface area contributed by atoms with Crippen LogP contribution in [0.1, 0.15) is 28.9 Å². The van der Waals surface area contributed by atoms with Crippen molar-refractivity contribution < 1.29 is 4.79 Å². The van der Waals surface area contributed by atoms with E-state index >= 15 is 0 Å². The number of halogens is 1. The minimum atomic E-state index is 0.170. The summed E-state index contributed by atoms with van der Waals surface area (Å²) in [6.45, 7) is 0.793. The van der Waals surface area contributed by atoms with E-state index in [1.54, 1.807) is 0 Å². The predicted octanol–water partition coefficient (Wildman–Crippen LogP) is 1.90. The SMILES string of the molecule is O=C1c2[nH]c(Br)cc2CN1C1CC1. The maximum absolute atomic E-state index is 11.8. The van der Waals surface area contributed by atoms with Gasteiger partial charge in [-0.2, -0.15) is 0 Å². The number of H-pyrrole nitrogens is 1. The number of carbonyl (C=O) groups excluding carboxylic acids is 1. The number of carbonyl (C=O) groups is 1. The van der Waals surface area contributed by atoms with Crippen LogP contribution in [-0.2, 0) is 6.54 Å². The van der Waals surface area contributed by atoms with Gasteiger partial charge in [0, 0.05) is 18.2 Å². The number of aromatic nitrogens is 1. The first kappa shape index (κ1) is 7.62. The van der Waals surface area contributed by atoms with Crippen LogP contribution in [-0.4, -0.2) is 21.8 Å². The van der Waals surface area contributed by atoms with Crippen molar-refractivity contribution in [2.75, 3.05) is 0 Å². The summed E-state index contributed by atoms with van der Waals surface area (Å²) < 4.78 is 0.904. The Labute approximate surface area is 84.2 Å². The normalized spacial score (nSPS) is 21.0. The van der Waals surface area contributed by atoms with Gasteiger partial charge in [-0.25, -0.2) is 0 Å². The Hall–Kier alpha value is -0.770. The van der Waals surface area contributed by atoms with Crippen molar-refractivity contribution in [2.24, 2.45) is 0 Å². The fourth-order valence-corrected chi connectivity index (χ4v) is 2.33. The second kappa shape index (κ2) is 2.38. The van der Waals surface area contributed by atoms with E-state index in [1.165, 1.54) is 12.8 Å². The van der Waals surface area contributed by atoms with Crippen LogP contribution in [0, 0.1) is 0 Å². The molecule has 0 atom stereocenters. The van der Waals surface area contributed by atoms with Crippen molar-refractivity contribution in [3.05, 3.63) is 21.9 Å². The average Bonchev–Trinajstić information content (AvgIpc) is 2.79. The monoisotopic (exact) mass is 240 g/mol. The number of nitrogens with one attached hydrogen (secondary N) is 1. The molecular formula is C9H9BrN2O. The first-order chi connectivity index (χ1) is 6.25. The summed E-state index contributed by atoms with van der Waals surface area (Å²) >= 11 is 3.33. The van der Waals surface area contributed by atoms with E-state index in [0.29, 0.717) is 6.04 Å². The lowest BCUT2D eigenvalue weighted by molar-refractivity contribution is 0.0761. The lowest BCUT2D eigenvalue weighted by Crippen LogP contribution is -2.26. The number of rotatable bonds is 1. The second-order valence-corrected chi connectivity index (χ2v) is 4.54. The van der Waals surface area contributed by atoms with E-state index in [0.717, 1.165) is 22.4 Å². The van der Waals surface area contributed by atoms with E-state index in [9.17, 15) is 4.79 Å². The Bertz CT molecular complexity index is 381. The van der Waals surface area contributed by atoms with Crippen molar-refractivity contribution >= 4 is 21.8 Å². The number of hydrogen-bond acceptors (Lipinski definition) is 1. The Morgan fingerprint density at radius 2 is 2.31 bits per heavy atom. The van der Waals surface area contributed by atoms with Crippen LogP contribution >= 0.6 is 15.9 Å². The van der Waals surface area contributed by atoms with Gasteiger partial charge in [0.15, 0.2) is 0 Å². The van der Waals surface area contributed by atoms with Crippen molar-refractivity contribution in [2.45, 2.75) is 25.4 Å². The topological polar surface area (TPSA) is 36.1 Å². The molecular weight excluding hydrogens is 232 g/mol.